The number of thioether (sulfide) groups is 1. The van der Waals surface area contributed by atoms with E-state index in [1.54, 1.807) is 30.1 Å². The van der Waals surface area contributed by atoms with Crippen LogP contribution in [0.1, 0.15) is 30.6 Å². The van der Waals surface area contributed by atoms with Gasteiger partial charge in [-0.05, 0) is 31.2 Å². The lowest BCUT2D eigenvalue weighted by Crippen LogP contribution is -2.33. The van der Waals surface area contributed by atoms with Crippen molar-refractivity contribution in [2.24, 2.45) is 0 Å². The standard InChI is InChI=1S/C12H18N2O2S/c1-3-17-11-8-10(4-6-13-11)12(16)14-9(2)5-7-15/h4,6,8-9,15H,3,5,7H2,1-2H3,(H,14,16). The number of hydrogen-bond donors (Lipinski definition) is 2. The summed E-state index contributed by atoms with van der Waals surface area (Å²) in [6, 6.07) is 3.46. The molecule has 2 N–H and O–H groups in total. The second kappa shape index (κ2) is 7.29. The van der Waals surface area contributed by atoms with Gasteiger partial charge in [-0.15, -0.1) is 11.8 Å². The summed E-state index contributed by atoms with van der Waals surface area (Å²) in [5.41, 5.74) is 0.612. The van der Waals surface area contributed by atoms with Crippen molar-refractivity contribution in [2.75, 3.05) is 12.4 Å². The number of aromatic nitrogens is 1. The first kappa shape index (κ1) is 14.0. The van der Waals surface area contributed by atoms with E-state index in [1.165, 1.54) is 0 Å². The zero-order valence-corrected chi connectivity index (χ0v) is 11.0. The van der Waals surface area contributed by atoms with E-state index in [0.717, 1.165) is 10.8 Å². The number of hydrogen-bond acceptors (Lipinski definition) is 4. The summed E-state index contributed by atoms with van der Waals surface area (Å²) in [5.74, 6) is 0.810. The SMILES string of the molecule is CCSc1cc(C(=O)NC(C)CCO)ccn1. The van der Waals surface area contributed by atoms with Crippen LogP contribution in [0.4, 0.5) is 0 Å². The zero-order chi connectivity index (χ0) is 12.7. The van der Waals surface area contributed by atoms with Crippen LogP contribution in [0, 0.1) is 0 Å². The van der Waals surface area contributed by atoms with Gasteiger partial charge in [-0.1, -0.05) is 6.92 Å². The molecule has 1 unspecified atom stereocenters. The molecular weight excluding hydrogens is 236 g/mol. The van der Waals surface area contributed by atoms with E-state index >= 15 is 0 Å². The van der Waals surface area contributed by atoms with Crippen LogP contribution >= 0.6 is 11.8 Å². The molecule has 1 heterocycles. The molecule has 1 rings (SSSR count). The molecule has 1 atom stereocenters. The first-order valence-corrected chi connectivity index (χ1v) is 6.66. The molecule has 0 aromatic carbocycles. The van der Waals surface area contributed by atoms with E-state index in [9.17, 15) is 4.79 Å². The zero-order valence-electron chi connectivity index (χ0n) is 10.1. The maximum atomic E-state index is 11.9. The topological polar surface area (TPSA) is 62.2 Å². The lowest BCUT2D eigenvalue weighted by atomic mass is 10.2. The quantitative estimate of drug-likeness (QED) is 0.758. The fourth-order valence-corrected chi connectivity index (χ4v) is 1.99. The van der Waals surface area contributed by atoms with Crippen molar-refractivity contribution < 1.29 is 9.90 Å². The van der Waals surface area contributed by atoms with Crippen LogP contribution in [-0.2, 0) is 0 Å². The number of rotatable bonds is 6. The highest BCUT2D eigenvalue weighted by Gasteiger charge is 2.10. The van der Waals surface area contributed by atoms with Gasteiger partial charge in [0.1, 0.15) is 0 Å². The van der Waals surface area contributed by atoms with Crippen LogP contribution in [0.2, 0.25) is 0 Å². The van der Waals surface area contributed by atoms with Gasteiger partial charge < -0.3 is 10.4 Å². The Morgan fingerprint density at radius 3 is 3.06 bits per heavy atom. The van der Waals surface area contributed by atoms with Crippen molar-refractivity contribution in [1.82, 2.24) is 10.3 Å². The Kier molecular flexibility index (Phi) is 6.00. The van der Waals surface area contributed by atoms with Crippen LogP contribution < -0.4 is 5.32 Å². The molecule has 0 aliphatic heterocycles. The van der Waals surface area contributed by atoms with E-state index in [4.69, 9.17) is 5.11 Å². The van der Waals surface area contributed by atoms with Crippen LogP contribution in [-0.4, -0.2) is 34.4 Å². The molecule has 17 heavy (non-hydrogen) atoms. The molecule has 1 aromatic rings. The summed E-state index contributed by atoms with van der Waals surface area (Å²) >= 11 is 1.60. The Bertz CT molecular complexity index is 371. The van der Waals surface area contributed by atoms with Crippen molar-refractivity contribution in [2.45, 2.75) is 31.3 Å². The summed E-state index contributed by atoms with van der Waals surface area (Å²) in [4.78, 5) is 16.0. The summed E-state index contributed by atoms with van der Waals surface area (Å²) in [6.45, 7) is 3.99. The molecule has 0 fully saturated rings. The predicted octanol–water partition coefficient (Wildman–Crippen LogP) is 1.69. The lowest BCUT2D eigenvalue weighted by Gasteiger charge is -2.12. The molecule has 0 saturated carbocycles. The molecule has 1 amide bonds. The number of carbonyl (C=O) groups excluding carboxylic acids is 1. The van der Waals surface area contributed by atoms with Gasteiger partial charge in [-0.2, -0.15) is 0 Å². The molecular formula is C12H18N2O2S. The normalized spacial score (nSPS) is 12.2. The minimum absolute atomic E-state index is 0.0251. The van der Waals surface area contributed by atoms with E-state index < -0.39 is 0 Å². The molecule has 5 heteroatoms. The highest BCUT2D eigenvalue weighted by molar-refractivity contribution is 7.99. The van der Waals surface area contributed by atoms with Crippen LogP contribution in [0.3, 0.4) is 0 Å². The van der Waals surface area contributed by atoms with Gasteiger partial charge in [0.05, 0.1) is 5.03 Å². The molecule has 94 valence electrons. The number of pyridine rings is 1. The number of nitrogens with one attached hydrogen (secondary N) is 1. The average molecular weight is 254 g/mol. The van der Waals surface area contributed by atoms with Crippen LogP contribution in [0.15, 0.2) is 23.4 Å². The summed E-state index contributed by atoms with van der Waals surface area (Å²) in [7, 11) is 0. The Morgan fingerprint density at radius 2 is 2.41 bits per heavy atom. The Hall–Kier alpha value is -1.07. The van der Waals surface area contributed by atoms with Crippen molar-refractivity contribution >= 4 is 17.7 Å². The van der Waals surface area contributed by atoms with E-state index in [0.29, 0.717) is 12.0 Å². The molecule has 4 nitrogen and oxygen atoms in total. The lowest BCUT2D eigenvalue weighted by molar-refractivity contribution is 0.0934. The first-order valence-electron chi connectivity index (χ1n) is 5.68. The second-order valence-electron chi connectivity index (χ2n) is 3.70. The van der Waals surface area contributed by atoms with Gasteiger partial charge in [0.2, 0.25) is 0 Å². The number of aliphatic hydroxyl groups excluding tert-OH is 1. The maximum absolute atomic E-state index is 11.9. The van der Waals surface area contributed by atoms with Gasteiger partial charge in [0, 0.05) is 24.4 Å². The monoisotopic (exact) mass is 254 g/mol. The minimum Gasteiger partial charge on any atom is -0.396 e. The number of aliphatic hydroxyl groups is 1. The third-order valence-electron chi connectivity index (χ3n) is 2.23. The third kappa shape index (κ3) is 4.75. The van der Waals surface area contributed by atoms with Crippen molar-refractivity contribution in [3.8, 4) is 0 Å². The van der Waals surface area contributed by atoms with E-state index in [2.05, 4.69) is 10.3 Å². The van der Waals surface area contributed by atoms with Gasteiger partial charge in [-0.3, -0.25) is 4.79 Å². The minimum atomic E-state index is -0.119. The molecule has 0 bridgehead atoms. The van der Waals surface area contributed by atoms with Crippen LogP contribution in [0.5, 0.6) is 0 Å². The van der Waals surface area contributed by atoms with Gasteiger partial charge >= 0.3 is 0 Å². The number of nitrogens with zero attached hydrogens (tertiary/aromatic N) is 1. The summed E-state index contributed by atoms with van der Waals surface area (Å²) in [6.07, 6.45) is 2.21. The van der Waals surface area contributed by atoms with Gasteiger partial charge in [0.15, 0.2) is 0 Å². The Morgan fingerprint density at radius 1 is 1.65 bits per heavy atom. The van der Waals surface area contributed by atoms with Gasteiger partial charge in [-0.25, -0.2) is 4.98 Å². The molecule has 0 aliphatic rings. The maximum Gasteiger partial charge on any atom is 0.251 e. The van der Waals surface area contributed by atoms with Crippen LogP contribution in [0.25, 0.3) is 0 Å². The molecule has 1 aromatic heterocycles. The Labute approximate surface area is 106 Å². The predicted molar refractivity (Wildman–Crippen MR) is 69.3 cm³/mol. The highest BCUT2D eigenvalue weighted by atomic mass is 32.2. The smallest absolute Gasteiger partial charge is 0.251 e. The fraction of sp³-hybridized carbons (Fsp3) is 0.500. The largest absolute Gasteiger partial charge is 0.396 e. The molecule has 0 radical (unpaired) electrons. The molecule has 0 spiro atoms. The summed E-state index contributed by atoms with van der Waals surface area (Å²) < 4.78 is 0. The number of amides is 1. The highest BCUT2D eigenvalue weighted by Crippen LogP contribution is 2.15. The second-order valence-corrected chi connectivity index (χ2v) is 4.99. The van der Waals surface area contributed by atoms with E-state index in [-0.39, 0.29) is 18.6 Å². The van der Waals surface area contributed by atoms with Crippen molar-refractivity contribution in [3.63, 3.8) is 0 Å². The van der Waals surface area contributed by atoms with Crippen molar-refractivity contribution in [1.29, 1.82) is 0 Å². The third-order valence-corrected chi connectivity index (χ3v) is 3.04. The first-order chi connectivity index (χ1) is 8.17. The Balaban J connectivity index is 2.65. The average Bonchev–Trinajstić information content (AvgIpc) is 2.30. The molecule has 0 aliphatic carbocycles. The van der Waals surface area contributed by atoms with Gasteiger partial charge in [0.25, 0.3) is 5.91 Å². The fourth-order valence-electron chi connectivity index (χ4n) is 1.35. The molecule has 0 saturated heterocycles. The summed E-state index contributed by atoms with van der Waals surface area (Å²) in [5, 5.41) is 12.5. The van der Waals surface area contributed by atoms with Crippen molar-refractivity contribution in [3.05, 3.63) is 23.9 Å². The number of carbonyl (C=O) groups is 1. The van der Waals surface area contributed by atoms with E-state index in [1.807, 2.05) is 13.8 Å².